The van der Waals surface area contributed by atoms with Crippen LogP contribution in [-0.2, 0) is 23.2 Å². The highest BCUT2D eigenvalue weighted by atomic mass is 16.5. The van der Waals surface area contributed by atoms with Gasteiger partial charge in [0, 0.05) is 24.0 Å². The quantitative estimate of drug-likeness (QED) is 0.721. The minimum Gasteiger partial charge on any atom is -0.504 e. The molecule has 2 aromatic carbocycles. The molecule has 0 radical (unpaired) electrons. The third-order valence-electron chi connectivity index (χ3n) is 7.39. The summed E-state index contributed by atoms with van der Waals surface area (Å²) in [5.41, 5.74) is 1.21. The normalized spacial score (nSPS) is 36.8. The monoisotopic (exact) mass is 376 g/mol. The van der Waals surface area contributed by atoms with Gasteiger partial charge in [0.05, 0.1) is 12.0 Å². The number of hydrogen-bond donors (Lipinski definition) is 3. The first-order chi connectivity index (χ1) is 13.5. The van der Waals surface area contributed by atoms with Crippen LogP contribution in [0.4, 0.5) is 0 Å². The lowest BCUT2D eigenvalue weighted by Gasteiger charge is -2.58. The second-order valence-electron chi connectivity index (χ2n) is 8.56. The van der Waals surface area contributed by atoms with Crippen molar-refractivity contribution < 1.29 is 24.6 Å². The van der Waals surface area contributed by atoms with Gasteiger partial charge in [0.25, 0.3) is 0 Å². The van der Waals surface area contributed by atoms with Crippen LogP contribution in [0.2, 0.25) is 0 Å². The van der Waals surface area contributed by atoms with Crippen LogP contribution in [-0.4, -0.2) is 40.3 Å². The first-order valence-corrected chi connectivity index (χ1v) is 9.90. The van der Waals surface area contributed by atoms with Crippen LogP contribution in [0, 0.1) is 0 Å². The molecule has 1 saturated heterocycles. The Morgan fingerprint density at radius 3 is 2.82 bits per heavy atom. The molecule has 2 aliphatic carbocycles. The molecule has 2 aliphatic heterocycles. The first kappa shape index (κ1) is 16.3. The van der Waals surface area contributed by atoms with E-state index in [-0.39, 0.29) is 17.6 Å². The lowest BCUT2D eigenvalue weighted by atomic mass is 9.51. The largest absolute Gasteiger partial charge is 0.504 e. The molecule has 5 nitrogen and oxygen atoms in total. The Balaban J connectivity index is 1.54. The summed E-state index contributed by atoms with van der Waals surface area (Å²) < 4.78 is 6.02. The number of piperidine rings is 1. The van der Waals surface area contributed by atoms with E-state index in [0.717, 1.165) is 24.2 Å². The van der Waals surface area contributed by atoms with E-state index >= 15 is 0 Å². The summed E-state index contributed by atoms with van der Waals surface area (Å²) in [5, 5.41) is 22.4. The number of quaternary nitrogens is 1. The molecule has 6 rings (SSSR count). The highest BCUT2D eigenvalue weighted by Gasteiger charge is 2.73. The van der Waals surface area contributed by atoms with Crippen molar-refractivity contribution in [3.05, 3.63) is 71.3 Å². The predicted octanol–water partition coefficient (Wildman–Crippen LogP) is 0.674. The van der Waals surface area contributed by atoms with Crippen LogP contribution in [0.15, 0.2) is 54.6 Å². The molecule has 3 N–H and O–H groups in total. The summed E-state index contributed by atoms with van der Waals surface area (Å²) >= 11 is 0. The fourth-order valence-electron chi connectivity index (χ4n) is 6.21. The second kappa shape index (κ2) is 5.25. The number of ketones is 1. The van der Waals surface area contributed by atoms with Gasteiger partial charge in [-0.25, -0.2) is 0 Å². The Kier molecular flexibility index (Phi) is 3.06. The molecule has 0 aromatic heterocycles. The van der Waals surface area contributed by atoms with E-state index < -0.39 is 17.1 Å². The summed E-state index contributed by atoms with van der Waals surface area (Å²) in [5.74, 6) is 0.316. The van der Waals surface area contributed by atoms with Gasteiger partial charge in [0.1, 0.15) is 18.2 Å². The van der Waals surface area contributed by atoms with Crippen LogP contribution in [0.3, 0.4) is 0 Å². The molecule has 1 unspecified atom stereocenters. The molecule has 4 aliphatic rings. The molecule has 1 spiro atoms. The van der Waals surface area contributed by atoms with Crippen LogP contribution in [0.25, 0.3) is 0 Å². The minimum atomic E-state index is -1.17. The second-order valence-corrected chi connectivity index (χ2v) is 8.56. The van der Waals surface area contributed by atoms with E-state index in [4.69, 9.17) is 4.74 Å². The van der Waals surface area contributed by atoms with Gasteiger partial charge < -0.3 is 19.8 Å². The van der Waals surface area contributed by atoms with Gasteiger partial charge in [-0.15, -0.1) is 0 Å². The van der Waals surface area contributed by atoms with Gasteiger partial charge in [-0.05, 0) is 23.8 Å². The molecule has 2 heterocycles. The maximum atomic E-state index is 12.7. The molecule has 142 valence electrons. The van der Waals surface area contributed by atoms with E-state index in [9.17, 15) is 15.0 Å². The van der Waals surface area contributed by atoms with Gasteiger partial charge in [-0.1, -0.05) is 36.4 Å². The van der Waals surface area contributed by atoms with Crippen molar-refractivity contribution >= 4 is 5.78 Å². The minimum absolute atomic E-state index is 0.0511. The summed E-state index contributed by atoms with van der Waals surface area (Å²) in [7, 11) is 0. The van der Waals surface area contributed by atoms with E-state index in [1.165, 1.54) is 16.5 Å². The number of aliphatic hydroxyl groups is 1. The Morgan fingerprint density at radius 2 is 2.00 bits per heavy atom. The first-order valence-electron chi connectivity index (χ1n) is 9.90. The van der Waals surface area contributed by atoms with Crippen molar-refractivity contribution in [2.75, 3.05) is 6.54 Å². The van der Waals surface area contributed by atoms with E-state index in [0.29, 0.717) is 18.6 Å². The third-order valence-corrected chi connectivity index (χ3v) is 7.39. The van der Waals surface area contributed by atoms with Crippen molar-refractivity contribution in [1.82, 2.24) is 0 Å². The molecule has 5 heteroatoms. The van der Waals surface area contributed by atoms with Crippen LogP contribution >= 0.6 is 0 Å². The average molecular weight is 376 g/mol. The number of aromatic hydroxyl groups is 1. The zero-order valence-electron chi connectivity index (χ0n) is 15.4. The number of carbonyl (C=O) groups excluding carboxylic acids is 1. The number of rotatable bonds is 2. The lowest BCUT2D eigenvalue weighted by molar-refractivity contribution is -0.953. The Bertz CT molecular complexity index is 1030. The topological polar surface area (TPSA) is 71.2 Å². The molecular weight excluding hydrogens is 354 g/mol. The van der Waals surface area contributed by atoms with Crippen molar-refractivity contribution in [1.29, 1.82) is 0 Å². The standard InChI is InChI=1S/C23H21NO4/c25-16-7-6-15-12-18-23(27)9-8-17(26)21-22(23,19(15)20(16)28-21)10-11-24(18)13-14-4-2-1-3-5-14/h1-9,18,21,25,27H,10-13H2/p+1/t18-,21+,22+,23-/m1/s1. The van der Waals surface area contributed by atoms with Crippen molar-refractivity contribution in [3.63, 3.8) is 0 Å². The third kappa shape index (κ3) is 1.77. The van der Waals surface area contributed by atoms with Crippen molar-refractivity contribution in [3.8, 4) is 11.5 Å². The molecular formula is C23H22NO4+. The molecule has 28 heavy (non-hydrogen) atoms. The fraction of sp³-hybridized carbons (Fsp3) is 0.348. The number of phenols is 1. The summed E-state index contributed by atoms with van der Waals surface area (Å²) in [6, 6.07) is 13.9. The zero-order valence-corrected chi connectivity index (χ0v) is 15.4. The van der Waals surface area contributed by atoms with Gasteiger partial charge in [0.15, 0.2) is 23.4 Å². The number of nitrogens with one attached hydrogen (secondary N) is 1. The van der Waals surface area contributed by atoms with Gasteiger partial charge in [-0.2, -0.15) is 0 Å². The van der Waals surface area contributed by atoms with Crippen LogP contribution in [0.5, 0.6) is 11.5 Å². The number of hydrogen-bond acceptors (Lipinski definition) is 4. The highest BCUT2D eigenvalue weighted by molar-refractivity contribution is 5.98. The van der Waals surface area contributed by atoms with Gasteiger partial charge in [0.2, 0.25) is 0 Å². The smallest absolute Gasteiger partial charge is 0.197 e. The SMILES string of the molecule is O=C1C=C[C@@]2(O)[C@H]3Cc4ccc(O)c5c4[C@@]2(CC[NH+]3Cc2ccccc2)[C@H]1O5. The summed E-state index contributed by atoms with van der Waals surface area (Å²) in [6.07, 6.45) is 3.77. The lowest BCUT2D eigenvalue weighted by Crippen LogP contribution is -3.20. The molecule has 2 aromatic rings. The van der Waals surface area contributed by atoms with Crippen LogP contribution in [0.1, 0.15) is 23.1 Å². The number of carbonyl (C=O) groups is 1. The average Bonchev–Trinajstić information content (AvgIpc) is 3.05. The molecule has 0 saturated carbocycles. The van der Waals surface area contributed by atoms with Gasteiger partial charge >= 0.3 is 0 Å². The zero-order chi connectivity index (χ0) is 19.1. The Hall–Kier alpha value is -2.63. The Labute approximate surface area is 162 Å². The number of benzene rings is 2. The maximum absolute atomic E-state index is 12.7. The van der Waals surface area contributed by atoms with E-state index in [1.807, 2.05) is 24.3 Å². The molecule has 2 bridgehead atoms. The molecule has 5 atom stereocenters. The Morgan fingerprint density at radius 1 is 1.18 bits per heavy atom. The number of ether oxygens (including phenoxy) is 1. The summed E-state index contributed by atoms with van der Waals surface area (Å²) in [6.45, 7) is 1.68. The maximum Gasteiger partial charge on any atom is 0.197 e. The molecule has 0 amide bonds. The van der Waals surface area contributed by atoms with Gasteiger partial charge in [-0.3, -0.25) is 4.79 Å². The number of phenolic OH excluding ortho intramolecular Hbond substituents is 1. The van der Waals surface area contributed by atoms with Crippen LogP contribution < -0.4 is 9.64 Å². The number of likely N-dealkylation sites (tertiary alicyclic amines) is 1. The van der Waals surface area contributed by atoms with Crippen molar-refractivity contribution in [2.45, 2.75) is 42.5 Å². The highest BCUT2D eigenvalue weighted by Crippen LogP contribution is 2.61. The van der Waals surface area contributed by atoms with E-state index in [2.05, 4.69) is 12.1 Å². The van der Waals surface area contributed by atoms with E-state index in [1.54, 1.807) is 12.1 Å². The molecule has 1 fully saturated rings. The summed E-state index contributed by atoms with van der Waals surface area (Å²) in [4.78, 5) is 14.1. The fourth-order valence-corrected chi connectivity index (χ4v) is 6.21. The van der Waals surface area contributed by atoms with Crippen molar-refractivity contribution in [2.24, 2.45) is 0 Å². The predicted molar refractivity (Wildman–Crippen MR) is 101 cm³/mol.